The molecule has 0 saturated carbocycles. The van der Waals surface area contributed by atoms with Gasteiger partial charge in [-0.3, -0.25) is 14.4 Å². The van der Waals surface area contributed by atoms with Crippen LogP contribution in [0.25, 0.3) is 0 Å². The number of ether oxygens (including phenoxy) is 2. The number of nitrogens with one attached hydrogen (secondary N) is 2. The lowest BCUT2D eigenvalue weighted by Gasteiger charge is -2.39. The van der Waals surface area contributed by atoms with Crippen LogP contribution in [0.15, 0.2) is 48.5 Å². The third kappa shape index (κ3) is 10.7. The Morgan fingerprint density at radius 2 is 1.63 bits per heavy atom. The molecule has 0 aliphatic carbocycles. The fraction of sp³-hybridized carbons (Fsp3) is 0.455. The summed E-state index contributed by atoms with van der Waals surface area (Å²) in [6.45, 7) is 11.0. The van der Waals surface area contributed by atoms with E-state index in [9.17, 15) is 19.2 Å². The van der Waals surface area contributed by atoms with Crippen molar-refractivity contribution in [3.63, 3.8) is 0 Å². The number of carbonyl (C=O) groups excluding carboxylic acids is 4. The van der Waals surface area contributed by atoms with Crippen LogP contribution >= 0.6 is 0 Å². The van der Waals surface area contributed by atoms with Crippen molar-refractivity contribution in [3.8, 4) is 18.1 Å². The smallest absolute Gasteiger partial charge is 0.408 e. The predicted molar refractivity (Wildman–Crippen MR) is 166 cm³/mol. The van der Waals surface area contributed by atoms with E-state index in [4.69, 9.17) is 21.6 Å². The van der Waals surface area contributed by atoms with Crippen LogP contribution in [-0.4, -0.2) is 53.5 Å². The summed E-state index contributed by atoms with van der Waals surface area (Å²) in [6, 6.07) is 10.5. The van der Waals surface area contributed by atoms with Gasteiger partial charge in [0.25, 0.3) is 5.91 Å². The number of rotatable bonds is 13. The number of benzene rings is 2. The SMILES string of the molecule is C#Cc1ccccc1C(C(=O)Nc1ccc(OC)cc1)N(C(=O)C(CC(N)=O)NC(=O)OC(C)(C)C)C(C)CCC(C)C. The van der Waals surface area contributed by atoms with E-state index in [1.807, 2.05) is 6.92 Å². The summed E-state index contributed by atoms with van der Waals surface area (Å²) in [5, 5.41) is 5.39. The van der Waals surface area contributed by atoms with Gasteiger partial charge in [-0.1, -0.05) is 38.0 Å². The van der Waals surface area contributed by atoms with Gasteiger partial charge in [-0.05, 0) is 82.3 Å². The fourth-order valence-electron chi connectivity index (χ4n) is 4.51. The first-order chi connectivity index (χ1) is 20.2. The number of carbonyl (C=O) groups is 4. The molecule has 3 unspecified atom stereocenters. The molecule has 10 nitrogen and oxygen atoms in total. The molecule has 2 aromatic carbocycles. The molecule has 4 N–H and O–H groups in total. The summed E-state index contributed by atoms with van der Waals surface area (Å²) in [7, 11) is 1.54. The van der Waals surface area contributed by atoms with Crippen molar-refractivity contribution < 1.29 is 28.7 Å². The van der Waals surface area contributed by atoms with Gasteiger partial charge in [0, 0.05) is 17.3 Å². The van der Waals surface area contributed by atoms with Crippen molar-refractivity contribution in [2.24, 2.45) is 11.7 Å². The van der Waals surface area contributed by atoms with E-state index in [-0.39, 0.29) is 0 Å². The first-order valence-corrected chi connectivity index (χ1v) is 14.3. The molecule has 0 heterocycles. The molecule has 3 atom stereocenters. The van der Waals surface area contributed by atoms with Crippen LogP contribution in [0.4, 0.5) is 10.5 Å². The minimum atomic E-state index is -1.40. The normalized spacial score (nSPS) is 13.2. The van der Waals surface area contributed by atoms with Gasteiger partial charge in [0.1, 0.15) is 23.4 Å². The molecule has 0 aliphatic rings. The summed E-state index contributed by atoms with van der Waals surface area (Å²) in [5.74, 6) is 1.50. The van der Waals surface area contributed by atoms with Crippen molar-refractivity contribution in [2.75, 3.05) is 12.4 Å². The van der Waals surface area contributed by atoms with Gasteiger partial charge in [0.15, 0.2) is 0 Å². The number of methoxy groups -OCH3 is 1. The average molecular weight is 593 g/mol. The number of amides is 4. The Kier molecular flexibility index (Phi) is 12.6. The molecular formula is C33H44N4O6. The van der Waals surface area contributed by atoms with Crippen LogP contribution in [0.3, 0.4) is 0 Å². The maximum atomic E-state index is 14.4. The Morgan fingerprint density at radius 1 is 1.00 bits per heavy atom. The summed E-state index contributed by atoms with van der Waals surface area (Å²) in [4.78, 5) is 54.8. The Balaban J connectivity index is 2.69. The third-order valence-corrected chi connectivity index (χ3v) is 6.58. The molecule has 4 amide bonds. The number of anilines is 1. The maximum Gasteiger partial charge on any atom is 0.408 e. The molecule has 10 heteroatoms. The largest absolute Gasteiger partial charge is 0.497 e. The molecule has 0 saturated heterocycles. The number of hydrogen-bond donors (Lipinski definition) is 3. The summed E-state index contributed by atoms with van der Waals surface area (Å²) >= 11 is 0. The molecule has 0 bridgehead atoms. The van der Waals surface area contributed by atoms with Crippen molar-refractivity contribution in [1.29, 1.82) is 0 Å². The highest BCUT2D eigenvalue weighted by atomic mass is 16.6. The summed E-state index contributed by atoms with van der Waals surface area (Å²) in [5.41, 5.74) is 5.95. The predicted octanol–water partition coefficient (Wildman–Crippen LogP) is 4.78. The number of nitrogens with zero attached hydrogens (tertiary/aromatic N) is 1. The Bertz CT molecular complexity index is 1310. The number of primary amides is 1. The van der Waals surface area contributed by atoms with Crippen molar-refractivity contribution in [1.82, 2.24) is 10.2 Å². The molecular weight excluding hydrogens is 548 g/mol. The number of terminal acetylenes is 1. The van der Waals surface area contributed by atoms with E-state index in [0.717, 1.165) is 6.42 Å². The van der Waals surface area contributed by atoms with E-state index in [1.54, 1.807) is 69.3 Å². The van der Waals surface area contributed by atoms with Gasteiger partial charge in [0.05, 0.1) is 13.5 Å². The van der Waals surface area contributed by atoms with Crippen LogP contribution in [0.2, 0.25) is 0 Å². The van der Waals surface area contributed by atoms with E-state index in [1.165, 1.54) is 12.0 Å². The molecule has 0 fully saturated rings. The summed E-state index contributed by atoms with van der Waals surface area (Å²) < 4.78 is 10.6. The second-order valence-electron chi connectivity index (χ2n) is 11.8. The Labute approximate surface area is 254 Å². The highest BCUT2D eigenvalue weighted by Gasteiger charge is 2.40. The van der Waals surface area contributed by atoms with Gasteiger partial charge < -0.3 is 30.7 Å². The lowest BCUT2D eigenvalue weighted by Crippen LogP contribution is -2.56. The molecule has 43 heavy (non-hydrogen) atoms. The van der Waals surface area contributed by atoms with Crippen LogP contribution in [0, 0.1) is 18.3 Å². The second kappa shape index (κ2) is 15.6. The number of nitrogens with two attached hydrogens (primary N) is 1. The average Bonchev–Trinajstić information content (AvgIpc) is 2.93. The lowest BCUT2D eigenvalue weighted by atomic mass is 9.94. The van der Waals surface area contributed by atoms with E-state index >= 15 is 0 Å². The minimum absolute atomic E-state index is 0.310. The van der Waals surface area contributed by atoms with Crippen molar-refractivity contribution in [3.05, 3.63) is 59.7 Å². The minimum Gasteiger partial charge on any atom is -0.497 e. The van der Waals surface area contributed by atoms with Crippen molar-refractivity contribution >= 4 is 29.5 Å². The quantitative estimate of drug-likeness (QED) is 0.286. The van der Waals surface area contributed by atoms with Gasteiger partial charge in [-0.25, -0.2) is 4.79 Å². The molecule has 232 valence electrons. The Morgan fingerprint density at radius 3 is 2.16 bits per heavy atom. The molecule has 0 radical (unpaired) electrons. The van der Waals surface area contributed by atoms with Gasteiger partial charge in [0.2, 0.25) is 11.8 Å². The van der Waals surface area contributed by atoms with Gasteiger partial charge >= 0.3 is 6.09 Å². The van der Waals surface area contributed by atoms with Gasteiger partial charge in [-0.2, -0.15) is 0 Å². The molecule has 0 aromatic heterocycles. The van der Waals surface area contributed by atoms with Gasteiger partial charge in [-0.15, -0.1) is 6.42 Å². The number of alkyl carbamates (subject to hydrolysis) is 1. The Hall–Kier alpha value is -4.52. The standard InChI is InChI=1S/C33H44N4O6/c1-9-23-12-10-11-13-26(23)29(30(39)35-24-16-18-25(42-8)19-17-24)37(22(4)15-14-21(2)3)31(40)27(20-28(34)38)36-32(41)43-33(5,6)7/h1,10-13,16-19,21-22,27,29H,14-15,20H2,2-8H3,(H2,34,38)(H,35,39)(H,36,41). The molecule has 0 spiro atoms. The zero-order valence-electron chi connectivity index (χ0n) is 26.1. The fourth-order valence-corrected chi connectivity index (χ4v) is 4.51. The van der Waals surface area contributed by atoms with Crippen LogP contribution in [-0.2, 0) is 19.1 Å². The van der Waals surface area contributed by atoms with E-state index in [0.29, 0.717) is 34.9 Å². The van der Waals surface area contributed by atoms with Crippen LogP contribution < -0.4 is 21.1 Å². The zero-order chi connectivity index (χ0) is 32.3. The lowest BCUT2D eigenvalue weighted by molar-refractivity contribution is -0.144. The monoisotopic (exact) mass is 592 g/mol. The molecule has 0 aliphatic heterocycles. The van der Waals surface area contributed by atoms with Crippen LogP contribution in [0.5, 0.6) is 5.75 Å². The summed E-state index contributed by atoms with van der Waals surface area (Å²) in [6.07, 6.45) is 5.71. The second-order valence-corrected chi connectivity index (χ2v) is 11.8. The maximum absolute atomic E-state index is 14.4. The third-order valence-electron chi connectivity index (χ3n) is 6.58. The topological polar surface area (TPSA) is 140 Å². The first-order valence-electron chi connectivity index (χ1n) is 14.3. The zero-order valence-corrected chi connectivity index (χ0v) is 26.1. The number of hydrogen-bond acceptors (Lipinski definition) is 6. The van der Waals surface area contributed by atoms with E-state index in [2.05, 4.69) is 30.4 Å². The van der Waals surface area contributed by atoms with Crippen LogP contribution in [0.1, 0.15) is 78.0 Å². The molecule has 2 rings (SSSR count). The molecule has 2 aromatic rings. The van der Waals surface area contributed by atoms with E-state index < -0.39 is 54.0 Å². The van der Waals surface area contributed by atoms with Crippen molar-refractivity contribution in [2.45, 2.75) is 84.5 Å². The first kappa shape index (κ1) is 34.7. The highest BCUT2D eigenvalue weighted by Crippen LogP contribution is 2.31. The highest BCUT2D eigenvalue weighted by molar-refractivity contribution is 6.00.